The zero-order chi connectivity index (χ0) is 18.6. The first-order valence-electron chi connectivity index (χ1n) is 9.12. The molecule has 0 aromatic heterocycles. The Labute approximate surface area is 169 Å². The molecule has 0 amide bonds. The van der Waals surface area contributed by atoms with Gasteiger partial charge >= 0.3 is 0 Å². The number of carbonyl (C=O) groups is 1. The molecule has 0 aliphatic carbocycles. The van der Waals surface area contributed by atoms with E-state index in [2.05, 4.69) is 0 Å². The summed E-state index contributed by atoms with van der Waals surface area (Å²) in [7, 11) is 0. The Morgan fingerprint density at radius 2 is 1.82 bits per heavy atom. The lowest BCUT2D eigenvalue weighted by molar-refractivity contribution is -0.660. The average Bonchev–Trinajstić information content (AvgIpc) is 3.18. The lowest BCUT2D eigenvalue weighted by atomic mass is 10.00. The standard InChI is InChI=1S/C22H21NO4.ClH/c24-19(18-7-3-5-15-4-1-2-6-17(15)18)10-11-23-13-20(25)16-8-9-21-22(12-16)27-14-26-21;/h1-9,12,20,23,25H,10-11,13-14H2;1H. The highest BCUT2D eigenvalue weighted by Crippen LogP contribution is 2.33. The van der Waals surface area contributed by atoms with Gasteiger partial charge in [-0.15, -0.1) is 0 Å². The van der Waals surface area contributed by atoms with Gasteiger partial charge in [0.25, 0.3) is 0 Å². The number of rotatable bonds is 7. The van der Waals surface area contributed by atoms with Gasteiger partial charge in [-0.3, -0.25) is 4.79 Å². The van der Waals surface area contributed by atoms with Crippen molar-refractivity contribution in [3.63, 3.8) is 0 Å². The summed E-state index contributed by atoms with van der Waals surface area (Å²) in [5.41, 5.74) is 1.55. The SMILES string of the molecule is O=C(CC[NH2+]CC(O)c1ccc2c(c1)OCO2)c1cccc2ccccc12.[Cl-]. The second-order valence-electron chi connectivity index (χ2n) is 6.64. The summed E-state index contributed by atoms with van der Waals surface area (Å²) in [6.45, 7) is 1.34. The van der Waals surface area contributed by atoms with Gasteiger partial charge in [0, 0.05) is 5.56 Å². The van der Waals surface area contributed by atoms with Crippen molar-refractivity contribution in [2.45, 2.75) is 12.5 Å². The highest BCUT2D eigenvalue weighted by Gasteiger charge is 2.18. The summed E-state index contributed by atoms with van der Waals surface area (Å²) in [5.74, 6) is 1.49. The number of fused-ring (bicyclic) bond motifs is 2. The fraction of sp³-hybridized carbons (Fsp3) is 0.227. The third-order valence-electron chi connectivity index (χ3n) is 4.84. The molecule has 0 radical (unpaired) electrons. The Balaban J connectivity index is 0.00000225. The second kappa shape index (κ2) is 9.06. The van der Waals surface area contributed by atoms with E-state index in [0.29, 0.717) is 31.0 Å². The molecule has 1 aliphatic heterocycles. The maximum atomic E-state index is 12.6. The normalized spacial score (nSPS) is 13.2. The number of hydrogen-bond donors (Lipinski definition) is 2. The first kappa shape index (κ1) is 20.1. The second-order valence-corrected chi connectivity index (χ2v) is 6.64. The van der Waals surface area contributed by atoms with Gasteiger partial charge in [0.1, 0.15) is 12.6 Å². The molecular formula is C22H22ClNO4. The van der Waals surface area contributed by atoms with Crippen LogP contribution in [0.5, 0.6) is 11.5 Å². The van der Waals surface area contributed by atoms with Crippen molar-refractivity contribution in [2.24, 2.45) is 0 Å². The molecule has 1 heterocycles. The predicted molar refractivity (Wildman–Crippen MR) is 102 cm³/mol. The van der Waals surface area contributed by atoms with Crippen molar-refractivity contribution in [1.29, 1.82) is 0 Å². The Morgan fingerprint density at radius 1 is 1.04 bits per heavy atom. The maximum absolute atomic E-state index is 12.6. The van der Waals surface area contributed by atoms with Crippen LogP contribution in [0, 0.1) is 0 Å². The third-order valence-corrected chi connectivity index (χ3v) is 4.84. The Morgan fingerprint density at radius 3 is 2.71 bits per heavy atom. The third kappa shape index (κ3) is 4.28. The molecule has 3 N–H and O–H groups in total. The van der Waals surface area contributed by atoms with Crippen LogP contribution in [0.3, 0.4) is 0 Å². The quantitative estimate of drug-likeness (QED) is 0.413. The Kier molecular flexibility index (Phi) is 6.52. The van der Waals surface area contributed by atoms with Crippen LogP contribution < -0.4 is 27.2 Å². The zero-order valence-electron chi connectivity index (χ0n) is 15.3. The van der Waals surface area contributed by atoms with E-state index in [1.807, 2.05) is 66.0 Å². The number of ether oxygens (including phenoxy) is 2. The summed E-state index contributed by atoms with van der Waals surface area (Å²) < 4.78 is 10.6. The molecule has 3 aromatic rings. The number of halogens is 1. The fourth-order valence-corrected chi connectivity index (χ4v) is 3.37. The number of quaternary nitrogens is 1. The molecule has 4 rings (SSSR count). The summed E-state index contributed by atoms with van der Waals surface area (Å²) in [6.07, 6.45) is -0.186. The van der Waals surface area contributed by atoms with Gasteiger partial charge in [-0.05, 0) is 28.5 Å². The molecule has 0 saturated heterocycles. The lowest BCUT2D eigenvalue weighted by Gasteiger charge is -2.11. The van der Waals surface area contributed by atoms with E-state index in [1.54, 1.807) is 0 Å². The Bertz CT molecular complexity index is 970. The van der Waals surface area contributed by atoms with E-state index in [-0.39, 0.29) is 25.0 Å². The minimum absolute atomic E-state index is 0. The van der Waals surface area contributed by atoms with Crippen LogP contribution in [0.15, 0.2) is 60.7 Å². The first-order chi connectivity index (χ1) is 13.2. The van der Waals surface area contributed by atoms with Gasteiger partial charge in [0.2, 0.25) is 6.79 Å². The molecule has 28 heavy (non-hydrogen) atoms. The number of hydrogen-bond acceptors (Lipinski definition) is 4. The maximum Gasteiger partial charge on any atom is 0.231 e. The van der Waals surface area contributed by atoms with Gasteiger partial charge in [0.15, 0.2) is 17.3 Å². The van der Waals surface area contributed by atoms with Crippen molar-refractivity contribution in [1.82, 2.24) is 0 Å². The smallest absolute Gasteiger partial charge is 0.231 e. The summed E-state index contributed by atoms with van der Waals surface area (Å²) >= 11 is 0. The van der Waals surface area contributed by atoms with E-state index in [1.165, 1.54) is 0 Å². The van der Waals surface area contributed by atoms with Crippen molar-refractivity contribution in [3.05, 3.63) is 71.8 Å². The minimum atomic E-state index is -0.618. The van der Waals surface area contributed by atoms with Gasteiger partial charge in [0.05, 0.1) is 13.0 Å². The van der Waals surface area contributed by atoms with Crippen LogP contribution in [-0.4, -0.2) is 30.8 Å². The highest BCUT2D eigenvalue weighted by molar-refractivity contribution is 6.08. The van der Waals surface area contributed by atoms with E-state index >= 15 is 0 Å². The molecule has 0 bridgehead atoms. The molecule has 3 aromatic carbocycles. The van der Waals surface area contributed by atoms with Crippen LogP contribution in [0.1, 0.15) is 28.4 Å². The van der Waals surface area contributed by atoms with E-state index in [0.717, 1.165) is 21.9 Å². The van der Waals surface area contributed by atoms with Gasteiger partial charge in [-0.25, -0.2) is 0 Å². The Hall–Kier alpha value is -2.60. The largest absolute Gasteiger partial charge is 1.00 e. The number of ketones is 1. The van der Waals surface area contributed by atoms with E-state index in [4.69, 9.17) is 9.47 Å². The van der Waals surface area contributed by atoms with Gasteiger partial charge in [-0.1, -0.05) is 48.5 Å². The lowest BCUT2D eigenvalue weighted by Crippen LogP contribution is -3.00. The molecule has 1 atom stereocenters. The number of aliphatic hydroxyl groups is 1. The van der Waals surface area contributed by atoms with E-state index < -0.39 is 6.10 Å². The highest BCUT2D eigenvalue weighted by atomic mass is 35.5. The number of benzene rings is 3. The van der Waals surface area contributed by atoms with Crippen LogP contribution in [0.4, 0.5) is 0 Å². The van der Waals surface area contributed by atoms with Gasteiger partial charge in [-0.2, -0.15) is 0 Å². The fourth-order valence-electron chi connectivity index (χ4n) is 3.37. The molecule has 1 unspecified atom stereocenters. The van der Waals surface area contributed by atoms with Gasteiger partial charge < -0.3 is 32.3 Å². The van der Waals surface area contributed by atoms with Crippen LogP contribution in [0.25, 0.3) is 10.8 Å². The average molecular weight is 400 g/mol. The van der Waals surface area contributed by atoms with Crippen LogP contribution in [-0.2, 0) is 0 Å². The predicted octanol–water partition coefficient (Wildman–Crippen LogP) is -0.558. The molecular weight excluding hydrogens is 378 g/mol. The molecule has 6 heteroatoms. The number of Topliss-reactive ketones (excluding diaryl/α,β-unsaturated/α-hetero) is 1. The molecule has 0 fully saturated rings. The number of carbonyl (C=O) groups excluding carboxylic acids is 1. The topological polar surface area (TPSA) is 72.4 Å². The molecule has 1 aliphatic rings. The van der Waals surface area contributed by atoms with Crippen molar-refractivity contribution >= 4 is 16.6 Å². The zero-order valence-corrected chi connectivity index (χ0v) is 16.1. The molecule has 0 saturated carbocycles. The molecule has 0 spiro atoms. The summed E-state index contributed by atoms with van der Waals surface area (Å²) in [5, 5.41) is 14.4. The summed E-state index contributed by atoms with van der Waals surface area (Å²) in [4.78, 5) is 12.6. The van der Waals surface area contributed by atoms with Crippen molar-refractivity contribution in [3.8, 4) is 11.5 Å². The van der Waals surface area contributed by atoms with Crippen LogP contribution >= 0.6 is 0 Å². The van der Waals surface area contributed by atoms with Crippen molar-refractivity contribution in [2.75, 3.05) is 19.9 Å². The monoisotopic (exact) mass is 399 g/mol. The van der Waals surface area contributed by atoms with E-state index in [9.17, 15) is 9.90 Å². The summed E-state index contributed by atoms with van der Waals surface area (Å²) in [6, 6.07) is 19.2. The molecule has 5 nitrogen and oxygen atoms in total. The van der Waals surface area contributed by atoms with Crippen LogP contribution in [0.2, 0.25) is 0 Å². The van der Waals surface area contributed by atoms with Crippen molar-refractivity contribution < 1.29 is 37.1 Å². The first-order valence-corrected chi connectivity index (χ1v) is 9.12. The number of nitrogens with two attached hydrogens (primary N) is 1. The molecule has 146 valence electrons. The minimum Gasteiger partial charge on any atom is -1.00 e. The number of aliphatic hydroxyl groups excluding tert-OH is 1.